The molecule has 0 radical (unpaired) electrons. The first-order chi connectivity index (χ1) is 10.9. The molecule has 2 aromatic heterocycles. The van der Waals surface area contributed by atoms with Gasteiger partial charge in [0.25, 0.3) is 5.56 Å². The van der Waals surface area contributed by atoms with E-state index in [-0.39, 0.29) is 17.3 Å². The van der Waals surface area contributed by atoms with Crippen LogP contribution in [0.5, 0.6) is 0 Å². The number of rotatable bonds is 7. The minimum atomic E-state index is -0.288. The summed E-state index contributed by atoms with van der Waals surface area (Å²) in [5.74, 6) is 0.621. The molecule has 2 heterocycles. The van der Waals surface area contributed by atoms with Crippen molar-refractivity contribution in [3.05, 3.63) is 39.7 Å². The topological polar surface area (TPSA) is 119 Å². The van der Waals surface area contributed by atoms with Crippen molar-refractivity contribution in [2.75, 3.05) is 12.3 Å². The second kappa shape index (κ2) is 7.57. The van der Waals surface area contributed by atoms with Crippen LogP contribution in [0.1, 0.15) is 30.1 Å². The SMILES string of the molecule is Cc1cc(C)n(CCCC(=O)NCCc2nc(N)cc(=O)[nH]2)n1. The maximum Gasteiger partial charge on any atom is 0.252 e. The molecule has 8 heteroatoms. The number of hydrogen-bond donors (Lipinski definition) is 3. The second-order valence-electron chi connectivity index (χ2n) is 5.47. The Kier molecular flexibility index (Phi) is 5.51. The van der Waals surface area contributed by atoms with Gasteiger partial charge in [0.1, 0.15) is 11.6 Å². The minimum Gasteiger partial charge on any atom is -0.383 e. The predicted molar refractivity (Wildman–Crippen MR) is 86.9 cm³/mol. The van der Waals surface area contributed by atoms with Crippen molar-refractivity contribution >= 4 is 11.7 Å². The highest BCUT2D eigenvalue weighted by atomic mass is 16.1. The van der Waals surface area contributed by atoms with Crippen LogP contribution in [0.2, 0.25) is 0 Å². The molecule has 0 fully saturated rings. The van der Waals surface area contributed by atoms with Gasteiger partial charge in [-0.05, 0) is 26.3 Å². The molecule has 0 atom stereocenters. The smallest absolute Gasteiger partial charge is 0.252 e. The Hall–Kier alpha value is -2.64. The van der Waals surface area contributed by atoms with Gasteiger partial charge in [0.2, 0.25) is 5.91 Å². The van der Waals surface area contributed by atoms with Crippen molar-refractivity contribution in [3.63, 3.8) is 0 Å². The van der Waals surface area contributed by atoms with E-state index < -0.39 is 0 Å². The highest BCUT2D eigenvalue weighted by Crippen LogP contribution is 2.03. The Morgan fingerprint density at radius 3 is 2.83 bits per heavy atom. The molecule has 1 amide bonds. The number of nitrogens with one attached hydrogen (secondary N) is 2. The maximum atomic E-state index is 11.8. The quantitative estimate of drug-likeness (QED) is 0.678. The molecular formula is C15H22N6O2. The van der Waals surface area contributed by atoms with Gasteiger partial charge in [0.05, 0.1) is 5.69 Å². The predicted octanol–water partition coefficient (Wildman–Crippen LogP) is 0.305. The Balaban J connectivity index is 1.69. The highest BCUT2D eigenvalue weighted by Gasteiger charge is 2.05. The Morgan fingerprint density at radius 2 is 2.17 bits per heavy atom. The van der Waals surface area contributed by atoms with Gasteiger partial charge in [-0.15, -0.1) is 0 Å². The van der Waals surface area contributed by atoms with Crippen LogP contribution in [-0.2, 0) is 17.8 Å². The van der Waals surface area contributed by atoms with Crippen molar-refractivity contribution in [2.24, 2.45) is 0 Å². The van der Waals surface area contributed by atoms with E-state index in [0.717, 1.165) is 24.4 Å². The number of nitrogen functional groups attached to an aromatic ring is 1. The van der Waals surface area contributed by atoms with Crippen LogP contribution >= 0.6 is 0 Å². The van der Waals surface area contributed by atoms with E-state index in [1.54, 1.807) is 0 Å². The lowest BCUT2D eigenvalue weighted by atomic mass is 10.3. The van der Waals surface area contributed by atoms with Gasteiger partial charge in [-0.2, -0.15) is 5.10 Å². The zero-order valence-electron chi connectivity index (χ0n) is 13.4. The highest BCUT2D eigenvalue weighted by molar-refractivity contribution is 5.75. The molecule has 0 spiro atoms. The summed E-state index contributed by atoms with van der Waals surface area (Å²) in [7, 11) is 0. The van der Waals surface area contributed by atoms with Crippen LogP contribution in [-0.4, -0.2) is 32.2 Å². The molecule has 23 heavy (non-hydrogen) atoms. The summed E-state index contributed by atoms with van der Waals surface area (Å²) in [6, 6.07) is 3.24. The summed E-state index contributed by atoms with van der Waals surface area (Å²) >= 11 is 0. The average molecular weight is 318 g/mol. The number of aryl methyl sites for hydroxylation is 3. The van der Waals surface area contributed by atoms with Crippen molar-refractivity contribution in [3.8, 4) is 0 Å². The van der Waals surface area contributed by atoms with Crippen LogP contribution in [0.4, 0.5) is 5.82 Å². The summed E-state index contributed by atoms with van der Waals surface area (Å²) < 4.78 is 1.91. The van der Waals surface area contributed by atoms with Gasteiger partial charge >= 0.3 is 0 Å². The number of amides is 1. The Bertz CT molecular complexity index is 734. The zero-order chi connectivity index (χ0) is 16.8. The number of carbonyl (C=O) groups excluding carboxylic acids is 1. The van der Waals surface area contributed by atoms with Crippen LogP contribution in [0.3, 0.4) is 0 Å². The number of nitrogens with two attached hydrogens (primary N) is 1. The van der Waals surface area contributed by atoms with E-state index in [1.807, 2.05) is 24.6 Å². The Labute approximate surface area is 134 Å². The zero-order valence-corrected chi connectivity index (χ0v) is 13.4. The van der Waals surface area contributed by atoms with Gasteiger partial charge in [-0.3, -0.25) is 14.3 Å². The number of hydrogen-bond acceptors (Lipinski definition) is 5. The molecule has 0 bridgehead atoms. The van der Waals surface area contributed by atoms with Gasteiger partial charge in [0.15, 0.2) is 0 Å². The first-order valence-corrected chi connectivity index (χ1v) is 7.57. The van der Waals surface area contributed by atoms with Crippen molar-refractivity contribution in [1.29, 1.82) is 0 Å². The molecule has 2 rings (SSSR count). The summed E-state index contributed by atoms with van der Waals surface area (Å²) in [6.07, 6.45) is 1.59. The normalized spacial score (nSPS) is 10.7. The summed E-state index contributed by atoms with van der Waals surface area (Å²) in [4.78, 5) is 29.6. The molecule has 0 aromatic carbocycles. The molecule has 8 nitrogen and oxygen atoms in total. The summed E-state index contributed by atoms with van der Waals surface area (Å²) in [5.41, 5.74) is 7.29. The van der Waals surface area contributed by atoms with E-state index in [9.17, 15) is 9.59 Å². The fourth-order valence-corrected chi connectivity index (χ4v) is 2.35. The average Bonchev–Trinajstić information content (AvgIpc) is 2.76. The molecule has 0 aliphatic rings. The fourth-order valence-electron chi connectivity index (χ4n) is 2.35. The lowest BCUT2D eigenvalue weighted by Gasteiger charge is -2.06. The van der Waals surface area contributed by atoms with E-state index in [2.05, 4.69) is 20.4 Å². The largest absolute Gasteiger partial charge is 0.383 e. The third kappa shape index (κ3) is 5.24. The minimum absolute atomic E-state index is 0.0298. The monoisotopic (exact) mass is 318 g/mol. The molecule has 124 valence electrons. The maximum absolute atomic E-state index is 11.8. The number of nitrogens with zero attached hydrogens (tertiary/aromatic N) is 3. The number of aromatic amines is 1. The van der Waals surface area contributed by atoms with Gasteiger partial charge in [-0.25, -0.2) is 4.98 Å². The van der Waals surface area contributed by atoms with Gasteiger partial charge < -0.3 is 16.0 Å². The fraction of sp³-hybridized carbons (Fsp3) is 0.467. The molecule has 0 saturated heterocycles. The molecule has 0 unspecified atom stereocenters. The molecule has 0 aliphatic heterocycles. The first kappa shape index (κ1) is 16.7. The molecular weight excluding hydrogens is 296 g/mol. The van der Waals surface area contributed by atoms with E-state index in [0.29, 0.717) is 25.2 Å². The van der Waals surface area contributed by atoms with Crippen molar-refractivity contribution in [1.82, 2.24) is 25.1 Å². The van der Waals surface area contributed by atoms with E-state index >= 15 is 0 Å². The van der Waals surface area contributed by atoms with Gasteiger partial charge in [-0.1, -0.05) is 0 Å². The first-order valence-electron chi connectivity index (χ1n) is 7.57. The lowest BCUT2D eigenvalue weighted by molar-refractivity contribution is -0.121. The van der Waals surface area contributed by atoms with Gasteiger partial charge in [0, 0.05) is 37.7 Å². The Morgan fingerprint density at radius 1 is 1.39 bits per heavy atom. The van der Waals surface area contributed by atoms with Crippen molar-refractivity contribution in [2.45, 2.75) is 39.7 Å². The summed E-state index contributed by atoms with van der Waals surface area (Å²) in [6.45, 7) is 5.08. The van der Waals surface area contributed by atoms with Crippen molar-refractivity contribution < 1.29 is 4.79 Å². The third-order valence-electron chi connectivity index (χ3n) is 3.37. The number of H-pyrrole nitrogens is 1. The molecule has 0 saturated carbocycles. The number of aromatic nitrogens is 4. The lowest BCUT2D eigenvalue weighted by Crippen LogP contribution is -2.27. The third-order valence-corrected chi connectivity index (χ3v) is 3.37. The van der Waals surface area contributed by atoms with E-state index in [4.69, 9.17) is 5.73 Å². The van der Waals surface area contributed by atoms with E-state index in [1.165, 1.54) is 6.07 Å². The van der Waals surface area contributed by atoms with Crippen LogP contribution in [0, 0.1) is 13.8 Å². The standard InChI is InChI=1S/C15H22N6O2/c1-10-8-11(2)21(20-10)7-3-4-14(22)17-6-5-13-18-12(16)9-15(23)19-13/h8-9H,3-7H2,1-2H3,(H,17,22)(H3,16,18,19,23). The van der Waals surface area contributed by atoms with Crippen LogP contribution in [0.15, 0.2) is 16.9 Å². The molecule has 2 aromatic rings. The van der Waals surface area contributed by atoms with Crippen LogP contribution in [0.25, 0.3) is 0 Å². The summed E-state index contributed by atoms with van der Waals surface area (Å²) in [5, 5.41) is 7.16. The number of carbonyl (C=O) groups is 1. The second-order valence-corrected chi connectivity index (χ2v) is 5.47. The number of anilines is 1. The van der Waals surface area contributed by atoms with Crippen LogP contribution < -0.4 is 16.6 Å². The molecule has 4 N–H and O–H groups in total. The molecule has 0 aliphatic carbocycles.